The maximum absolute atomic E-state index is 13.8. The van der Waals surface area contributed by atoms with Crippen LogP contribution in [0.2, 0.25) is 0 Å². The topological polar surface area (TPSA) is 58.4 Å². The lowest BCUT2D eigenvalue weighted by Gasteiger charge is -2.30. The first-order valence-corrected chi connectivity index (χ1v) is 13.0. The standard InChI is InChI=1S/C26H30N4O2S/c1-17-9-12-28(13-10-17)15-22-27-25-24(19-6-4-8-21(19)33-25)26(32)30(22)16-23(31)29-14-11-18-5-2-3-7-20(18)29/h2-3,5,7,17H,4,6,8-16H2,1H3. The summed E-state index contributed by atoms with van der Waals surface area (Å²) in [5, 5.41) is 0.762. The van der Waals surface area contributed by atoms with Crippen LogP contribution in [0.1, 0.15) is 48.0 Å². The van der Waals surface area contributed by atoms with Crippen molar-refractivity contribution in [3.8, 4) is 0 Å². The van der Waals surface area contributed by atoms with Gasteiger partial charge in [0.05, 0.1) is 11.9 Å². The van der Waals surface area contributed by atoms with Gasteiger partial charge < -0.3 is 4.90 Å². The van der Waals surface area contributed by atoms with Gasteiger partial charge in [-0.25, -0.2) is 4.98 Å². The Morgan fingerprint density at radius 2 is 1.94 bits per heavy atom. The van der Waals surface area contributed by atoms with Crippen molar-refractivity contribution in [2.24, 2.45) is 5.92 Å². The highest BCUT2D eigenvalue weighted by Gasteiger charge is 2.28. The Morgan fingerprint density at radius 1 is 1.12 bits per heavy atom. The first kappa shape index (κ1) is 21.1. The average Bonchev–Trinajstić information content (AvgIpc) is 3.52. The molecule has 0 atom stereocenters. The van der Waals surface area contributed by atoms with Gasteiger partial charge in [0.2, 0.25) is 5.91 Å². The Balaban J connectivity index is 1.38. The normalized spacial score (nSPS) is 18.8. The predicted octanol–water partition coefficient (Wildman–Crippen LogP) is 3.77. The van der Waals surface area contributed by atoms with Crippen molar-refractivity contribution >= 4 is 33.1 Å². The van der Waals surface area contributed by atoms with E-state index in [0.29, 0.717) is 13.1 Å². The van der Waals surface area contributed by atoms with Crippen LogP contribution in [0.15, 0.2) is 29.1 Å². The number of nitrogens with zero attached hydrogens (tertiary/aromatic N) is 4. The van der Waals surface area contributed by atoms with Crippen molar-refractivity contribution in [2.45, 2.75) is 58.5 Å². The minimum Gasteiger partial charge on any atom is -0.310 e. The molecule has 0 bridgehead atoms. The van der Waals surface area contributed by atoms with Gasteiger partial charge in [0.15, 0.2) is 0 Å². The van der Waals surface area contributed by atoms with Crippen molar-refractivity contribution in [3.63, 3.8) is 0 Å². The summed E-state index contributed by atoms with van der Waals surface area (Å²) in [5.41, 5.74) is 3.33. The quantitative estimate of drug-likeness (QED) is 0.592. The third-order valence-electron chi connectivity index (χ3n) is 7.63. The lowest BCUT2D eigenvalue weighted by Crippen LogP contribution is -2.39. The Labute approximate surface area is 197 Å². The zero-order chi connectivity index (χ0) is 22.5. The van der Waals surface area contributed by atoms with Crippen molar-refractivity contribution in [1.82, 2.24) is 14.5 Å². The summed E-state index contributed by atoms with van der Waals surface area (Å²) in [7, 11) is 0. The summed E-state index contributed by atoms with van der Waals surface area (Å²) in [6.45, 7) is 5.70. The van der Waals surface area contributed by atoms with E-state index in [1.165, 1.54) is 28.8 Å². The van der Waals surface area contributed by atoms with Crippen LogP contribution in [0.3, 0.4) is 0 Å². The molecule has 3 aromatic rings. The predicted molar refractivity (Wildman–Crippen MR) is 132 cm³/mol. The number of hydrogen-bond acceptors (Lipinski definition) is 5. The van der Waals surface area contributed by atoms with Crippen LogP contribution in [0, 0.1) is 5.92 Å². The van der Waals surface area contributed by atoms with Gasteiger partial charge in [-0.15, -0.1) is 11.3 Å². The molecule has 0 unspecified atom stereocenters. The number of para-hydroxylation sites is 1. The molecule has 1 fully saturated rings. The van der Waals surface area contributed by atoms with E-state index < -0.39 is 0 Å². The molecule has 1 saturated heterocycles. The van der Waals surface area contributed by atoms with Gasteiger partial charge >= 0.3 is 0 Å². The largest absolute Gasteiger partial charge is 0.310 e. The Kier molecular flexibility index (Phi) is 5.34. The van der Waals surface area contributed by atoms with Crippen LogP contribution in [0.4, 0.5) is 5.69 Å². The fourth-order valence-corrected chi connectivity index (χ4v) is 6.91. The molecule has 6 nitrogen and oxygen atoms in total. The maximum atomic E-state index is 13.8. The van der Waals surface area contributed by atoms with Crippen molar-refractivity contribution in [1.29, 1.82) is 0 Å². The molecule has 33 heavy (non-hydrogen) atoms. The van der Waals surface area contributed by atoms with Crippen LogP contribution in [-0.2, 0) is 37.1 Å². The van der Waals surface area contributed by atoms with Crippen LogP contribution >= 0.6 is 11.3 Å². The molecule has 4 heterocycles. The van der Waals surface area contributed by atoms with E-state index in [1.54, 1.807) is 15.9 Å². The molecule has 3 aliphatic rings. The van der Waals surface area contributed by atoms with Gasteiger partial charge in [-0.1, -0.05) is 25.1 Å². The van der Waals surface area contributed by atoms with E-state index in [4.69, 9.17) is 4.98 Å². The number of carbonyl (C=O) groups is 1. The molecular weight excluding hydrogens is 432 g/mol. The minimum absolute atomic E-state index is 0.0245. The van der Waals surface area contributed by atoms with Crippen molar-refractivity contribution in [3.05, 3.63) is 56.4 Å². The second-order valence-electron chi connectivity index (χ2n) is 9.84. The number of anilines is 1. The first-order chi connectivity index (χ1) is 16.1. The van der Waals surface area contributed by atoms with Gasteiger partial charge in [0.1, 0.15) is 17.2 Å². The number of piperidine rings is 1. The summed E-state index contributed by atoms with van der Waals surface area (Å²) in [5.74, 6) is 1.46. The molecule has 0 N–H and O–H groups in total. The molecular formula is C26H30N4O2S. The molecule has 0 saturated carbocycles. The number of carbonyl (C=O) groups excluding carboxylic acids is 1. The van der Waals surface area contributed by atoms with E-state index in [1.807, 2.05) is 23.1 Å². The van der Waals surface area contributed by atoms with Crippen LogP contribution in [-0.4, -0.2) is 40.0 Å². The van der Waals surface area contributed by atoms with Crippen LogP contribution in [0.5, 0.6) is 0 Å². The number of benzene rings is 1. The monoisotopic (exact) mass is 462 g/mol. The molecule has 0 radical (unpaired) electrons. The van der Waals surface area contributed by atoms with Gasteiger partial charge in [0, 0.05) is 17.1 Å². The summed E-state index contributed by atoms with van der Waals surface area (Å²) < 4.78 is 1.69. The van der Waals surface area contributed by atoms with E-state index in [9.17, 15) is 9.59 Å². The molecule has 172 valence electrons. The lowest BCUT2D eigenvalue weighted by molar-refractivity contribution is -0.119. The smallest absolute Gasteiger partial charge is 0.263 e. The molecule has 6 rings (SSSR count). The fraction of sp³-hybridized carbons (Fsp3) is 0.500. The lowest BCUT2D eigenvalue weighted by atomic mass is 9.99. The Bertz CT molecular complexity index is 1290. The van der Waals surface area contributed by atoms with Crippen molar-refractivity contribution in [2.75, 3.05) is 24.5 Å². The molecule has 1 aliphatic carbocycles. The molecule has 2 aliphatic heterocycles. The number of amides is 1. The zero-order valence-corrected chi connectivity index (χ0v) is 20.0. The minimum atomic E-state index is -0.0272. The van der Waals surface area contributed by atoms with Crippen LogP contribution in [0.25, 0.3) is 10.2 Å². The average molecular weight is 463 g/mol. The molecule has 2 aromatic heterocycles. The summed E-state index contributed by atoms with van der Waals surface area (Å²) >= 11 is 1.68. The van der Waals surface area contributed by atoms with Crippen molar-refractivity contribution < 1.29 is 4.79 Å². The van der Waals surface area contributed by atoms with Gasteiger partial charge in [-0.2, -0.15) is 0 Å². The summed E-state index contributed by atoms with van der Waals surface area (Å²) in [6, 6.07) is 8.08. The van der Waals surface area contributed by atoms with Gasteiger partial charge in [-0.3, -0.25) is 19.1 Å². The third kappa shape index (κ3) is 3.71. The number of likely N-dealkylation sites (tertiary alicyclic amines) is 1. The van der Waals surface area contributed by atoms with E-state index >= 15 is 0 Å². The molecule has 1 aromatic carbocycles. The van der Waals surface area contributed by atoms with Gasteiger partial charge in [0.25, 0.3) is 5.56 Å². The maximum Gasteiger partial charge on any atom is 0.263 e. The summed E-state index contributed by atoms with van der Waals surface area (Å²) in [6.07, 6.45) is 6.30. The highest BCUT2D eigenvalue weighted by molar-refractivity contribution is 7.18. The van der Waals surface area contributed by atoms with E-state index in [-0.39, 0.29) is 18.0 Å². The number of aromatic nitrogens is 2. The van der Waals surface area contributed by atoms with Gasteiger partial charge in [-0.05, 0) is 74.7 Å². The first-order valence-electron chi connectivity index (χ1n) is 12.2. The second kappa shape index (κ2) is 8.37. The Hall–Kier alpha value is -2.51. The fourth-order valence-electron chi connectivity index (χ4n) is 5.64. The number of fused-ring (bicyclic) bond motifs is 4. The third-order valence-corrected chi connectivity index (χ3v) is 8.81. The number of hydrogen-bond donors (Lipinski definition) is 0. The molecule has 1 amide bonds. The number of rotatable bonds is 4. The number of thiophene rings is 1. The van der Waals surface area contributed by atoms with E-state index in [2.05, 4.69) is 17.9 Å². The highest BCUT2D eigenvalue weighted by Crippen LogP contribution is 2.35. The molecule has 7 heteroatoms. The number of aryl methyl sites for hydroxylation is 2. The van der Waals surface area contributed by atoms with E-state index in [0.717, 1.165) is 66.4 Å². The zero-order valence-electron chi connectivity index (χ0n) is 19.2. The highest BCUT2D eigenvalue weighted by atomic mass is 32.1. The SMILES string of the molecule is CC1CCN(Cc2nc3sc4c(c3c(=O)n2CC(=O)N2CCc3ccccc32)CCC4)CC1. The van der Waals surface area contributed by atoms with Crippen LogP contribution < -0.4 is 10.5 Å². The summed E-state index contributed by atoms with van der Waals surface area (Å²) in [4.78, 5) is 38.7. The molecule has 0 spiro atoms. The Morgan fingerprint density at radius 3 is 2.79 bits per heavy atom. The second-order valence-corrected chi connectivity index (χ2v) is 10.9.